The number of esters is 1. The van der Waals surface area contributed by atoms with Crippen LogP contribution in [0.25, 0.3) is 16.8 Å². The first kappa shape index (κ1) is 22.4. The van der Waals surface area contributed by atoms with Crippen LogP contribution < -0.4 is 14.8 Å². The van der Waals surface area contributed by atoms with E-state index in [4.69, 9.17) is 9.47 Å². The van der Waals surface area contributed by atoms with E-state index in [2.05, 4.69) is 10.3 Å². The van der Waals surface area contributed by atoms with Gasteiger partial charge in [0.1, 0.15) is 11.5 Å². The SMILES string of the molecule is COc1ccc(N=C2NC(=O)/C(=C/c3ccc(OC(=O)c4cccc5ccccc45)cc3)S2)cc1. The second kappa shape index (κ2) is 9.87. The monoisotopic (exact) mass is 480 g/mol. The maximum atomic E-state index is 12.7. The number of ether oxygens (including phenoxy) is 2. The largest absolute Gasteiger partial charge is 0.497 e. The standard InChI is InChI=1S/C28H20N2O4S/c1-33-21-15-11-20(12-16-21)29-28-30-26(31)25(35-28)17-18-9-13-22(14-10-18)34-27(32)24-8-4-6-19-5-2-3-7-23(19)24/h2-17H,1H3,(H,29,30,31)/b25-17-. The van der Waals surface area contributed by atoms with Gasteiger partial charge < -0.3 is 14.8 Å². The highest BCUT2D eigenvalue weighted by atomic mass is 32.2. The van der Waals surface area contributed by atoms with Gasteiger partial charge in [-0.3, -0.25) is 4.79 Å². The molecule has 1 saturated heterocycles. The van der Waals surface area contributed by atoms with Crippen molar-refractivity contribution in [2.75, 3.05) is 7.11 Å². The Balaban J connectivity index is 1.28. The molecule has 0 atom stereocenters. The summed E-state index contributed by atoms with van der Waals surface area (Å²) in [6, 6.07) is 27.5. The van der Waals surface area contributed by atoms with Crippen molar-refractivity contribution in [3.05, 3.63) is 107 Å². The Hall–Kier alpha value is -4.36. The first-order valence-corrected chi connectivity index (χ1v) is 11.6. The molecule has 5 rings (SSSR count). The Morgan fingerprint density at radius 1 is 0.886 bits per heavy atom. The molecule has 1 fully saturated rings. The van der Waals surface area contributed by atoms with E-state index in [1.807, 2.05) is 60.7 Å². The van der Waals surface area contributed by atoms with Gasteiger partial charge in [-0.1, -0.05) is 48.5 Å². The molecule has 0 radical (unpaired) electrons. The molecule has 0 saturated carbocycles. The third-order valence-electron chi connectivity index (χ3n) is 5.35. The van der Waals surface area contributed by atoms with E-state index in [0.717, 1.165) is 22.1 Å². The minimum atomic E-state index is -0.419. The summed E-state index contributed by atoms with van der Waals surface area (Å²) >= 11 is 1.27. The van der Waals surface area contributed by atoms with Crippen LogP contribution in [0.3, 0.4) is 0 Å². The van der Waals surface area contributed by atoms with Gasteiger partial charge in [0.25, 0.3) is 5.91 Å². The molecule has 0 spiro atoms. The summed E-state index contributed by atoms with van der Waals surface area (Å²) in [7, 11) is 1.60. The van der Waals surface area contributed by atoms with Crippen LogP contribution in [0.15, 0.2) is 101 Å². The van der Waals surface area contributed by atoms with E-state index >= 15 is 0 Å². The summed E-state index contributed by atoms with van der Waals surface area (Å²) in [6.45, 7) is 0. The van der Waals surface area contributed by atoms with Crippen LogP contribution in [0.5, 0.6) is 11.5 Å². The molecule has 1 aliphatic heterocycles. The van der Waals surface area contributed by atoms with Crippen molar-refractivity contribution in [3.8, 4) is 11.5 Å². The minimum Gasteiger partial charge on any atom is -0.497 e. The Kier molecular flexibility index (Phi) is 6.32. The van der Waals surface area contributed by atoms with Gasteiger partial charge in [-0.15, -0.1) is 0 Å². The molecule has 4 aromatic rings. The van der Waals surface area contributed by atoms with Crippen LogP contribution in [-0.2, 0) is 4.79 Å². The molecular weight excluding hydrogens is 460 g/mol. The zero-order valence-corrected chi connectivity index (χ0v) is 19.5. The third kappa shape index (κ3) is 5.10. The summed E-state index contributed by atoms with van der Waals surface area (Å²) < 4.78 is 10.7. The number of carbonyl (C=O) groups excluding carboxylic acids is 2. The summed E-state index contributed by atoms with van der Waals surface area (Å²) in [4.78, 5) is 30.1. The van der Waals surface area contributed by atoms with E-state index in [1.54, 1.807) is 43.5 Å². The lowest BCUT2D eigenvalue weighted by Gasteiger charge is -2.07. The number of aliphatic imine (C=N–C) groups is 1. The van der Waals surface area contributed by atoms with Gasteiger partial charge in [-0.25, -0.2) is 9.79 Å². The summed E-state index contributed by atoms with van der Waals surface area (Å²) in [5, 5.41) is 5.11. The van der Waals surface area contributed by atoms with E-state index < -0.39 is 5.97 Å². The number of methoxy groups -OCH3 is 1. The Labute approximate surface area is 206 Å². The van der Waals surface area contributed by atoms with Crippen LogP contribution in [0.4, 0.5) is 5.69 Å². The van der Waals surface area contributed by atoms with E-state index in [1.165, 1.54) is 11.8 Å². The molecule has 1 heterocycles. The van der Waals surface area contributed by atoms with Gasteiger partial charge in [0, 0.05) is 0 Å². The van der Waals surface area contributed by atoms with Gasteiger partial charge in [-0.05, 0) is 76.6 Å². The van der Waals surface area contributed by atoms with Crippen LogP contribution in [0, 0.1) is 0 Å². The lowest BCUT2D eigenvalue weighted by molar-refractivity contribution is -0.115. The van der Waals surface area contributed by atoms with Crippen LogP contribution in [0.2, 0.25) is 0 Å². The Morgan fingerprint density at radius 2 is 1.60 bits per heavy atom. The summed E-state index contributed by atoms with van der Waals surface area (Å²) in [5.41, 5.74) is 2.03. The van der Waals surface area contributed by atoms with E-state index in [0.29, 0.717) is 27.1 Å². The highest BCUT2D eigenvalue weighted by Crippen LogP contribution is 2.29. The first-order valence-electron chi connectivity index (χ1n) is 10.8. The van der Waals surface area contributed by atoms with E-state index in [9.17, 15) is 9.59 Å². The van der Waals surface area contributed by atoms with Crippen molar-refractivity contribution in [2.24, 2.45) is 4.99 Å². The molecule has 1 amide bonds. The highest BCUT2D eigenvalue weighted by molar-refractivity contribution is 8.18. The molecule has 0 bridgehead atoms. The summed E-state index contributed by atoms with van der Waals surface area (Å²) in [6.07, 6.45) is 1.77. The van der Waals surface area contributed by atoms with Gasteiger partial charge in [0.2, 0.25) is 0 Å². The minimum absolute atomic E-state index is 0.214. The molecule has 1 aliphatic rings. The molecule has 6 nitrogen and oxygen atoms in total. The second-order valence-corrected chi connectivity index (χ2v) is 8.70. The van der Waals surface area contributed by atoms with Crippen molar-refractivity contribution in [2.45, 2.75) is 0 Å². The van der Waals surface area contributed by atoms with Gasteiger partial charge >= 0.3 is 5.97 Å². The van der Waals surface area contributed by atoms with Crippen LogP contribution in [-0.4, -0.2) is 24.2 Å². The van der Waals surface area contributed by atoms with Gasteiger partial charge in [0.05, 0.1) is 23.3 Å². The Morgan fingerprint density at radius 3 is 2.37 bits per heavy atom. The number of hydrogen-bond acceptors (Lipinski definition) is 6. The van der Waals surface area contributed by atoms with Crippen LogP contribution in [0.1, 0.15) is 15.9 Å². The van der Waals surface area contributed by atoms with E-state index in [-0.39, 0.29) is 5.91 Å². The van der Waals surface area contributed by atoms with Crippen molar-refractivity contribution in [3.63, 3.8) is 0 Å². The molecule has 4 aromatic carbocycles. The molecule has 0 unspecified atom stereocenters. The fraction of sp³-hybridized carbons (Fsp3) is 0.0357. The third-order valence-corrected chi connectivity index (χ3v) is 6.26. The number of thioether (sulfide) groups is 1. The zero-order chi connectivity index (χ0) is 24.2. The lowest BCUT2D eigenvalue weighted by Crippen LogP contribution is -2.19. The van der Waals surface area contributed by atoms with Crippen LogP contribution >= 0.6 is 11.8 Å². The predicted octanol–water partition coefficient (Wildman–Crippen LogP) is 5.96. The predicted molar refractivity (Wildman–Crippen MR) is 139 cm³/mol. The van der Waals surface area contributed by atoms with Crippen molar-refractivity contribution < 1.29 is 19.1 Å². The average molecular weight is 481 g/mol. The molecule has 35 heavy (non-hydrogen) atoms. The quantitative estimate of drug-likeness (QED) is 0.217. The topological polar surface area (TPSA) is 77.0 Å². The first-order chi connectivity index (χ1) is 17.1. The lowest BCUT2D eigenvalue weighted by atomic mass is 10.0. The Bertz CT molecular complexity index is 1470. The fourth-order valence-electron chi connectivity index (χ4n) is 3.60. The second-order valence-electron chi connectivity index (χ2n) is 7.67. The molecule has 7 heteroatoms. The number of nitrogens with zero attached hydrogens (tertiary/aromatic N) is 1. The number of hydrogen-bond donors (Lipinski definition) is 1. The smallest absolute Gasteiger partial charge is 0.344 e. The maximum Gasteiger partial charge on any atom is 0.344 e. The molecular formula is C28H20N2O4S. The molecule has 0 aliphatic carbocycles. The van der Waals surface area contributed by atoms with Gasteiger partial charge in [0.15, 0.2) is 5.17 Å². The van der Waals surface area contributed by atoms with Crippen molar-refractivity contribution in [1.29, 1.82) is 0 Å². The number of nitrogens with one attached hydrogen (secondary N) is 1. The number of benzene rings is 4. The number of amides is 1. The van der Waals surface area contributed by atoms with Gasteiger partial charge in [-0.2, -0.15) is 0 Å². The summed E-state index contributed by atoms with van der Waals surface area (Å²) in [5.74, 6) is 0.533. The number of carbonyl (C=O) groups is 2. The number of rotatable bonds is 5. The number of fused-ring (bicyclic) bond motifs is 1. The zero-order valence-electron chi connectivity index (χ0n) is 18.7. The molecule has 0 aromatic heterocycles. The molecule has 1 N–H and O–H groups in total. The maximum absolute atomic E-state index is 12.7. The average Bonchev–Trinajstić information content (AvgIpc) is 3.23. The van der Waals surface area contributed by atoms with Crippen molar-refractivity contribution >= 4 is 51.3 Å². The fourth-order valence-corrected chi connectivity index (χ4v) is 4.45. The van der Waals surface area contributed by atoms with Crippen molar-refractivity contribution in [1.82, 2.24) is 5.32 Å². The highest BCUT2D eigenvalue weighted by Gasteiger charge is 2.23. The number of amidine groups is 1. The normalized spacial score (nSPS) is 15.4. The molecule has 172 valence electrons.